The van der Waals surface area contributed by atoms with Crippen molar-refractivity contribution in [1.29, 1.82) is 0 Å². The van der Waals surface area contributed by atoms with E-state index in [1.807, 2.05) is 0 Å². The molecule has 2 amide bonds. The van der Waals surface area contributed by atoms with Crippen molar-refractivity contribution in [2.75, 3.05) is 0 Å². The van der Waals surface area contributed by atoms with Crippen LogP contribution in [0.5, 0.6) is 0 Å². The zero-order chi connectivity index (χ0) is 19.6. The molecule has 0 aliphatic carbocycles. The van der Waals surface area contributed by atoms with E-state index >= 15 is 0 Å². The predicted octanol–water partition coefficient (Wildman–Crippen LogP) is 3.07. The second-order valence-corrected chi connectivity index (χ2v) is 7.03. The Kier molecular flexibility index (Phi) is 5.33. The average Bonchev–Trinajstić information content (AvgIpc) is 2.90. The lowest BCUT2D eigenvalue weighted by Crippen LogP contribution is -2.44. The maximum atomic E-state index is 13.0. The van der Waals surface area contributed by atoms with Gasteiger partial charge < -0.3 is 5.11 Å². The molecular weight excluding hydrogens is 391 g/mol. The largest absolute Gasteiger partial charge is 0.478 e. The van der Waals surface area contributed by atoms with Gasteiger partial charge in [0.25, 0.3) is 11.8 Å². The first-order chi connectivity index (χ1) is 12.9. The van der Waals surface area contributed by atoms with Crippen molar-refractivity contribution < 1.29 is 23.9 Å². The maximum absolute atomic E-state index is 13.0. The standard InChI is InChI=1S/C18H11FN2O4S2/c19-12-7-5-10(6-8-12)15(22)20-21-16(23)14(27-18(21)26)9-11-3-1-2-4-13(11)17(24)25/h1-9H,(H,20,22)(H,24,25)/b14-9+. The molecule has 0 saturated carbocycles. The van der Waals surface area contributed by atoms with Gasteiger partial charge in [-0.1, -0.05) is 30.0 Å². The molecular formula is C18H11FN2O4S2. The lowest BCUT2D eigenvalue weighted by molar-refractivity contribution is -0.123. The number of hydrazine groups is 1. The molecule has 0 atom stereocenters. The summed E-state index contributed by atoms with van der Waals surface area (Å²) in [4.78, 5) is 36.2. The fourth-order valence-corrected chi connectivity index (χ4v) is 3.46. The summed E-state index contributed by atoms with van der Waals surface area (Å²) >= 11 is 6.06. The van der Waals surface area contributed by atoms with Crippen LogP contribution in [0.2, 0.25) is 0 Å². The summed E-state index contributed by atoms with van der Waals surface area (Å²) in [5, 5.41) is 10.1. The predicted molar refractivity (Wildman–Crippen MR) is 102 cm³/mol. The Morgan fingerprint density at radius 3 is 2.48 bits per heavy atom. The van der Waals surface area contributed by atoms with Gasteiger partial charge in [0.1, 0.15) is 5.82 Å². The number of nitrogens with zero attached hydrogens (tertiary/aromatic N) is 1. The van der Waals surface area contributed by atoms with Gasteiger partial charge in [0.2, 0.25) is 0 Å². The quantitative estimate of drug-likeness (QED) is 0.604. The third-order valence-electron chi connectivity index (χ3n) is 3.59. The van der Waals surface area contributed by atoms with Crippen LogP contribution < -0.4 is 5.43 Å². The van der Waals surface area contributed by atoms with Gasteiger partial charge in [0.05, 0.1) is 10.5 Å². The van der Waals surface area contributed by atoms with E-state index in [2.05, 4.69) is 5.43 Å². The average molecular weight is 402 g/mol. The number of hydrogen-bond donors (Lipinski definition) is 2. The molecule has 136 valence electrons. The van der Waals surface area contributed by atoms with E-state index in [9.17, 15) is 23.9 Å². The van der Waals surface area contributed by atoms with E-state index in [1.165, 1.54) is 24.3 Å². The second kappa shape index (κ2) is 7.68. The number of nitrogens with one attached hydrogen (secondary N) is 1. The van der Waals surface area contributed by atoms with E-state index in [4.69, 9.17) is 12.2 Å². The van der Waals surface area contributed by atoms with Crippen LogP contribution in [0.25, 0.3) is 6.08 Å². The van der Waals surface area contributed by atoms with E-state index in [1.54, 1.807) is 18.2 Å². The number of amides is 2. The van der Waals surface area contributed by atoms with Crippen LogP contribution in [-0.2, 0) is 4.79 Å². The Labute approximate surface area is 162 Å². The van der Waals surface area contributed by atoms with Crippen molar-refractivity contribution in [2.24, 2.45) is 0 Å². The fourth-order valence-electron chi connectivity index (χ4n) is 2.29. The third-order valence-corrected chi connectivity index (χ3v) is 4.89. The molecule has 9 heteroatoms. The number of thioether (sulfide) groups is 1. The molecule has 0 spiro atoms. The number of carboxylic acid groups (broad SMARTS) is 1. The van der Waals surface area contributed by atoms with Crippen LogP contribution in [0.1, 0.15) is 26.3 Å². The fraction of sp³-hybridized carbons (Fsp3) is 0. The molecule has 27 heavy (non-hydrogen) atoms. The molecule has 1 heterocycles. The lowest BCUT2D eigenvalue weighted by Gasteiger charge is -2.15. The van der Waals surface area contributed by atoms with Gasteiger partial charge in [-0.25, -0.2) is 9.18 Å². The number of thiocarbonyl (C=S) groups is 1. The molecule has 0 aromatic heterocycles. The van der Waals surface area contributed by atoms with Crippen molar-refractivity contribution in [1.82, 2.24) is 10.4 Å². The van der Waals surface area contributed by atoms with Crippen LogP contribution in [0.4, 0.5) is 4.39 Å². The first-order valence-electron chi connectivity index (χ1n) is 7.53. The SMILES string of the molecule is O=C(NN1C(=O)/C(=C\c2ccccc2C(=O)O)SC1=S)c1ccc(F)cc1. The highest BCUT2D eigenvalue weighted by atomic mass is 32.2. The summed E-state index contributed by atoms with van der Waals surface area (Å²) in [5.74, 6) is -2.82. The molecule has 1 fully saturated rings. The van der Waals surface area contributed by atoms with Crippen LogP contribution in [0, 0.1) is 5.82 Å². The summed E-state index contributed by atoms with van der Waals surface area (Å²) < 4.78 is 13.0. The molecule has 6 nitrogen and oxygen atoms in total. The van der Waals surface area contributed by atoms with Crippen molar-refractivity contribution >= 4 is 52.2 Å². The van der Waals surface area contributed by atoms with Crippen molar-refractivity contribution in [3.05, 3.63) is 75.9 Å². The molecule has 1 saturated heterocycles. The van der Waals surface area contributed by atoms with E-state index in [0.29, 0.717) is 5.56 Å². The van der Waals surface area contributed by atoms with Crippen LogP contribution in [0.15, 0.2) is 53.4 Å². The first-order valence-corrected chi connectivity index (χ1v) is 8.76. The minimum absolute atomic E-state index is 0.0399. The number of carbonyl (C=O) groups excluding carboxylic acids is 2. The number of halogens is 1. The Bertz CT molecular complexity index is 989. The second-order valence-electron chi connectivity index (χ2n) is 5.36. The summed E-state index contributed by atoms with van der Waals surface area (Å²) in [5.41, 5.74) is 2.91. The molecule has 2 aromatic carbocycles. The van der Waals surface area contributed by atoms with Gasteiger partial charge in [0.15, 0.2) is 4.32 Å². The van der Waals surface area contributed by atoms with Gasteiger partial charge in [0, 0.05) is 5.56 Å². The summed E-state index contributed by atoms with van der Waals surface area (Å²) in [6, 6.07) is 11.0. The Balaban J connectivity index is 1.82. The smallest absolute Gasteiger partial charge is 0.336 e. The molecule has 1 aliphatic heterocycles. The number of carboxylic acids is 1. The molecule has 0 unspecified atom stereocenters. The Morgan fingerprint density at radius 2 is 1.81 bits per heavy atom. The molecule has 2 N–H and O–H groups in total. The number of benzene rings is 2. The normalized spacial score (nSPS) is 15.3. The van der Waals surface area contributed by atoms with Gasteiger partial charge in [-0.2, -0.15) is 5.01 Å². The highest BCUT2D eigenvalue weighted by molar-refractivity contribution is 8.26. The highest BCUT2D eigenvalue weighted by Gasteiger charge is 2.34. The zero-order valence-electron chi connectivity index (χ0n) is 13.5. The minimum atomic E-state index is -1.12. The van der Waals surface area contributed by atoms with Gasteiger partial charge in [-0.15, -0.1) is 0 Å². The van der Waals surface area contributed by atoms with E-state index in [-0.39, 0.29) is 20.4 Å². The monoisotopic (exact) mass is 402 g/mol. The van der Waals surface area contributed by atoms with Gasteiger partial charge in [-0.3, -0.25) is 15.0 Å². The van der Waals surface area contributed by atoms with Gasteiger partial charge >= 0.3 is 5.97 Å². The molecule has 1 aliphatic rings. The summed E-state index contributed by atoms with van der Waals surface area (Å²) in [6.45, 7) is 0. The number of aromatic carboxylic acids is 1. The van der Waals surface area contributed by atoms with Crippen LogP contribution >= 0.6 is 24.0 Å². The third kappa shape index (κ3) is 4.04. The molecule has 2 aromatic rings. The van der Waals surface area contributed by atoms with Crippen LogP contribution in [0.3, 0.4) is 0 Å². The molecule has 0 bridgehead atoms. The van der Waals surface area contributed by atoms with Crippen molar-refractivity contribution in [2.45, 2.75) is 0 Å². The van der Waals surface area contributed by atoms with Crippen molar-refractivity contribution in [3.8, 4) is 0 Å². The number of carbonyl (C=O) groups is 3. The van der Waals surface area contributed by atoms with E-state index < -0.39 is 23.6 Å². The molecule has 0 radical (unpaired) electrons. The summed E-state index contributed by atoms with van der Waals surface area (Å²) in [6.07, 6.45) is 1.41. The highest BCUT2D eigenvalue weighted by Crippen LogP contribution is 2.32. The lowest BCUT2D eigenvalue weighted by atomic mass is 10.1. The molecule has 3 rings (SSSR count). The minimum Gasteiger partial charge on any atom is -0.478 e. The van der Waals surface area contributed by atoms with E-state index in [0.717, 1.165) is 28.9 Å². The summed E-state index contributed by atoms with van der Waals surface area (Å²) in [7, 11) is 0. The number of rotatable bonds is 4. The van der Waals surface area contributed by atoms with Gasteiger partial charge in [-0.05, 0) is 54.2 Å². The zero-order valence-corrected chi connectivity index (χ0v) is 15.1. The Hall–Kier alpha value is -3.04. The van der Waals surface area contributed by atoms with Crippen LogP contribution in [-0.4, -0.2) is 32.2 Å². The maximum Gasteiger partial charge on any atom is 0.336 e. The first kappa shape index (κ1) is 18.7. The topological polar surface area (TPSA) is 86.7 Å². The number of hydrogen-bond acceptors (Lipinski definition) is 5. The Morgan fingerprint density at radius 1 is 1.15 bits per heavy atom. The van der Waals surface area contributed by atoms with Crippen molar-refractivity contribution in [3.63, 3.8) is 0 Å².